The Bertz CT molecular complexity index is 833. The number of ether oxygens (including phenoxy) is 1. The van der Waals surface area contributed by atoms with Gasteiger partial charge in [0.25, 0.3) is 0 Å². The highest BCUT2D eigenvalue weighted by Crippen LogP contribution is 2.07. The zero-order valence-electron chi connectivity index (χ0n) is 26.0. The SMILES string of the molecule is CC/C=C\C/C=C\C/C=C\C/C=C\C/C=C\CCCC(=O)OC(=O)CCC(=O)NC(CC(C)C)C(C)=O.CCC. The third kappa shape index (κ3) is 29.5. The Morgan fingerprint density at radius 1 is 0.675 bits per heavy atom. The summed E-state index contributed by atoms with van der Waals surface area (Å²) in [6.45, 7) is 11.7. The molecule has 0 aromatic rings. The molecule has 0 aromatic carbocycles. The summed E-state index contributed by atoms with van der Waals surface area (Å²) in [4.78, 5) is 47.3. The van der Waals surface area contributed by atoms with Crippen molar-refractivity contribution in [2.24, 2.45) is 5.92 Å². The molecule has 1 atom stereocenters. The van der Waals surface area contributed by atoms with Crippen LogP contribution in [-0.2, 0) is 23.9 Å². The predicted octanol–water partition coefficient (Wildman–Crippen LogP) is 8.29. The van der Waals surface area contributed by atoms with Gasteiger partial charge in [0, 0.05) is 12.8 Å². The van der Waals surface area contributed by atoms with E-state index in [2.05, 4.69) is 80.8 Å². The fourth-order valence-corrected chi connectivity index (χ4v) is 3.24. The summed E-state index contributed by atoms with van der Waals surface area (Å²) in [5.74, 6) is -1.57. The first-order valence-electron chi connectivity index (χ1n) is 15.0. The largest absolute Gasteiger partial charge is 0.393 e. The third-order valence-corrected chi connectivity index (χ3v) is 5.23. The highest BCUT2D eigenvalue weighted by molar-refractivity contribution is 5.90. The van der Waals surface area contributed by atoms with E-state index in [4.69, 9.17) is 4.74 Å². The minimum Gasteiger partial charge on any atom is -0.393 e. The van der Waals surface area contributed by atoms with Gasteiger partial charge in [0.1, 0.15) is 0 Å². The van der Waals surface area contributed by atoms with Crippen molar-refractivity contribution in [1.82, 2.24) is 5.32 Å². The number of hydrogen-bond acceptors (Lipinski definition) is 5. The minimum atomic E-state index is -0.724. The van der Waals surface area contributed by atoms with E-state index in [1.54, 1.807) is 0 Å². The number of carbonyl (C=O) groups excluding carboxylic acids is 4. The number of hydrogen-bond donors (Lipinski definition) is 1. The van der Waals surface area contributed by atoms with E-state index in [-0.39, 0.29) is 31.0 Å². The maximum absolute atomic E-state index is 12.0. The van der Waals surface area contributed by atoms with Crippen LogP contribution in [0, 0.1) is 5.92 Å². The summed E-state index contributed by atoms with van der Waals surface area (Å²) < 4.78 is 4.77. The van der Waals surface area contributed by atoms with Crippen LogP contribution in [0.5, 0.6) is 0 Å². The average Bonchev–Trinajstić information content (AvgIpc) is 2.89. The van der Waals surface area contributed by atoms with E-state index in [1.807, 2.05) is 19.9 Å². The number of nitrogens with one attached hydrogen (secondary N) is 1. The summed E-state index contributed by atoms with van der Waals surface area (Å²) in [5.41, 5.74) is 0. The highest BCUT2D eigenvalue weighted by atomic mass is 16.6. The Balaban J connectivity index is 0. The van der Waals surface area contributed by atoms with E-state index >= 15 is 0 Å². The normalized spacial score (nSPS) is 12.5. The van der Waals surface area contributed by atoms with E-state index in [0.717, 1.165) is 38.5 Å². The second-order valence-electron chi connectivity index (χ2n) is 10.0. The van der Waals surface area contributed by atoms with Crippen LogP contribution in [0.4, 0.5) is 0 Å². The Kier molecular flexibility index (Phi) is 28.3. The van der Waals surface area contributed by atoms with Gasteiger partial charge in [0.15, 0.2) is 5.78 Å². The van der Waals surface area contributed by atoms with Gasteiger partial charge in [-0.15, -0.1) is 0 Å². The molecule has 1 amide bonds. The minimum absolute atomic E-state index is 0.117. The number of allylic oxidation sites excluding steroid dienone is 10. The molecule has 226 valence electrons. The summed E-state index contributed by atoms with van der Waals surface area (Å²) in [7, 11) is 0. The van der Waals surface area contributed by atoms with Crippen LogP contribution in [0.15, 0.2) is 60.8 Å². The zero-order valence-corrected chi connectivity index (χ0v) is 26.0. The number of esters is 2. The number of Topliss-reactive ketones (excluding diaryl/α,β-unsaturated/α-hetero) is 1. The quantitative estimate of drug-likeness (QED) is 0.0704. The maximum atomic E-state index is 12.0. The van der Waals surface area contributed by atoms with Crippen LogP contribution >= 0.6 is 0 Å². The van der Waals surface area contributed by atoms with Crippen molar-refractivity contribution in [2.45, 2.75) is 125 Å². The summed E-state index contributed by atoms with van der Waals surface area (Å²) in [6.07, 6.45) is 29.0. The van der Waals surface area contributed by atoms with Crippen LogP contribution in [0.3, 0.4) is 0 Å². The summed E-state index contributed by atoms with van der Waals surface area (Å²) >= 11 is 0. The van der Waals surface area contributed by atoms with Crippen molar-refractivity contribution in [3.63, 3.8) is 0 Å². The first-order valence-corrected chi connectivity index (χ1v) is 15.0. The lowest BCUT2D eigenvalue weighted by molar-refractivity contribution is -0.160. The molecule has 0 aliphatic rings. The van der Waals surface area contributed by atoms with E-state index in [9.17, 15) is 19.2 Å². The molecule has 0 bridgehead atoms. The average molecular weight is 558 g/mol. The first kappa shape index (κ1) is 39.1. The van der Waals surface area contributed by atoms with E-state index < -0.39 is 23.9 Å². The van der Waals surface area contributed by atoms with Crippen molar-refractivity contribution >= 4 is 23.6 Å². The van der Waals surface area contributed by atoms with Gasteiger partial charge >= 0.3 is 11.9 Å². The Labute approximate surface area is 244 Å². The molecule has 0 saturated heterocycles. The molecular formula is C34H55NO5. The second kappa shape index (κ2) is 29.0. The molecule has 0 fully saturated rings. The third-order valence-electron chi connectivity index (χ3n) is 5.23. The van der Waals surface area contributed by atoms with Gasteiger partial charge in [-0.05, 0) is 64.2 Å². The molecule has 0 aromatic heterocycles. The smallest absolute Gasteiger partial charge is 0.313 e. The number of carbonyl (C=O) groups is 4. The molecular weight excluding hydrogens is 502 g/mol. The van der Waals surface area contributed by atoms with Gasteiger partial charge in [-0.25, -0.2) is 0 Å². The van der Waals surface area contributed by atoms with Gasteiger partial charge in [0.2, 0.25) is 5.91 Å². The van der Waals surface area contributed by atoms with Gasteiger partial charge < -0.3 is 10.1 Å². The number of rotatable bonds is 20. The topological polar surface area (TPSA) is 89.5 Å². The summed E-state index contributed by atoms with van der Waals surface area (Å²) in [6, 6.07) is -0.555. The molecule has 0 heterocycles. The standard InChI is InChI=1S/C31H47NO5.C3H8/c1-5-6-7-8-9-10-11-12-13-14-15-16-17-18-19-20-21-22-30(35)37-31(36)24-23-29(34)32-28(27(4)33)25-26(2)3;1-3-2/h6-7,9-10,12-13,15-16,18-19,26,28H,5,8,11,14,17,20-25H2,1-4H3,(H,32,34);3H2,1-2H3/b7-6-,10-9-,13-12-,16-15-,19-18-;. The Morgan fingerprint density at radius 2 is 1.12 bits per heavy atom. The van der Waals surface area contributed by atoms with Gasteiger partial charge in [-0.2, -0.15) is 0 Å². The first-order chi connectivity index (χ1) is 19.2. The van der Waals surface area contributed by atoms with Gasteiger partial charge in [0.05, 0.1) is 12.5 Å². The predicted molar refractivity (Wildman–Crippen MR) is 167 cm³/mol. The molecule has 0 aliphatic heterocycles. The molecule has 6 nitrogen and oxygen atoms in total. The molecule has 0 aliphatic carbocycles. The molecule has 0 rings (SSSR count). The van der Waals surface area contributed by atoms with Crippen molar-refractivity contribution in [3.05, 3.63) is 60.8 Å². The molecule has 1 N–H and O–H groups in total. The van der Waals surface area contributed by atoms with Crippen LogP contribution in [0.1, 0.15) is 119 Å². The van der Waals surface area contributed by atoms with Crippen LogP contribution in [0.25, 0.3) is 0 Å². The molecule has 40 heavy (non-hydrogen) atoms. The number of unbranched alkanes of at least 4 members (excludes halogenated alkanes) is 1. The molecule has 6 heteroatoms. The molecule has 0 spiro atoms. The van der Waals surface area contributed by atoms with Gasteiger partial charge in [-0.3, -0.25) is 19.2 Å². The van der Waals surface area contributed by atoms with Crippen molar-refractivity contribution < 1.29 is 23.9 Å². The van der Waals surface area contributed by atoms with Crippen LogP contribution < -0.4 is 5.32 Å². The summed E-state index contributed by atoms with van der Waals surface area (Å²) in [5, 5.41) is 2.64. The van der Waals surface area contributed by atoms with Gasteiger partial charge in [-0.1, -0.05) is 102 Å². The monoisotopic (exact) mass is 557 g/mol. The fourth-order valence-electron chi connectivity index (χ4n) is 3.24. The fraction of sp³-hybridized carbons (Fsp3) is 0.588. The molecule has 0 radical (unpaired) electrons. The van der Waals surface area contributed by atoms with Crippen molar-refractivity contribution in [3.8, 4) is 0 Å². The number of amides is 1. The number of ketones is 1. The highest BCUT2D eigenvalue weighted by Gasteiger charge is 2.19. The lowest BCUT2D eigenvalue weighted by Crippen LogP contribution is -2.40. The van der Waals surface area contributed by atoms with E-state index in [1.165, 1.54) is 13.3 Å². The Morgan fingerprint density at radius 3 is 1.57 bits per heavy atom. The lowest BCUT2D eigenvalue weighted by atomic mass is 10.0. The Hall–Kier alpha value is -3.02. The van der Waals surface area contributed by atoms with Crippen LogP contribution in [-0.4, -0.2) is 29.7 Å². The van der Waals surface area contributed by atoms with Crippen molar-refractivity contribution in [1.29, 1.82) is 0 Å². The lowest BCUT2D eigenvalue weighted by Gasteiger charge is -2.17. The van der Waals surface area contributed by atoms with Crippen molar-refractivity contribution in [2.75, 3.05) is 0 Å². The van der Waals surface area contributed by atoms with Crippen LogP contribution in [0.2, 0.25) is 0 Å². The molecule has 1 unspecified atom stereocenters. The maximum Gasteiger partial charge on any atom is 0.313 e. The second-order valence-corrected chi connectivity index (χ2v) is 10.0. The van der Waals surface area contributed by atoms with E-state index in [0.29, 0.717) is 12.8 Å². The zero-order chi connectivity index (χ0) is 30.4. The molecule has 0 saturated carbocycles.